The first-order chi connectivity index (χ1) is 8.74. The molecule has 5 heteroatoms. The van der Waals surface area contributed by atoms with E-state index >= 15 is 0 Å². The van der Waals surface area contributed by atoms with E-state index in [1.807, 2.05) is 0 Å². The summed E-state index contributed by atoms with van der Waals surface area (Å²) in [6, 6.07) is 0. The lowest BCUT2D eigenvalue weighted by atomic mass is 9.82. The van der Waals surface area contributed by atoms with Crippen LogP contribution in [-0.2, 0) is 4.79 Å². The fourth-order valence-electron chi connectivity index (χ4n) is 2.96. The third-order valence-corrected chi connectivity index (χ3v) is 4.09. The SMILES string of the molecule is O=C(CN1CCNCC1)NC1(CO)CCCCC1. The van der Waals surface area contributed by atoms with E-state index in [0.29, 0.717) is 6.54 Å². The molecule has 0 aromatic heterocycles. The van der Waals surface area contributed by atoms with Gasteiger partial charge in [0.05, 0.1) is 18.7 Å². The monoisotopic (exact) mass is 255 g/mol. The Morgan fingerprint density at radius 2 is 1.89 bits per heavy atom. The molecule has 1 saturated heterocycles. The summed E-state index contributed by atoms with van der Waals surface area (Å²) < 4.78 is 0. The molecule has 1 aliphatic heterocycles. The molecule has 0 aromatic rings. The van der Waals surface area contributed by atoms with Crippen molar-refractivity contribution >= 4 is 5.91 Å². The minimum Gasteiger partial charge on any atom is -0.394 e. The lowest BCUT2D eigenvalue weighted by molar-refractivity contribution is -0.125. The van der Waals surface area contributed by atoms with Crippen molar-refractivity contribution in [2.75, 3.05) is 39.3 Å². The second-order valence-electron chi connectivity index (χ2n) is 5.57. The van der Waals surface area contributed by atoms with Crippen LogP contribution in [0.1, 0.15) is 32.1 Å². The predicted molar refractivity (Wildman–Crippen MR) is 70.4 cm³/mol. The zero-order chi connectivity index (χ0) is 12.8. The summed E-state index contributed by atoms with van der Waals surface area (Å²) in [7, 11) is 0. The number of amides is 1. The first-order valence-electron chi connectivity index (χ1n) is 7.09. The molecule has 104 valence electrons. The molecule has 2 rings (SSSR count). The molecule has 1 heterocycles. The third kappa shape index (κ3) is 3.67. The molecule has 0 radical (unpaired) electrons. The highest BCUT2D eigenvalue weighted by atomic mass is 16.3. The largest absolute Gasteiger partial charge is 0.394 e. The van der Waals surface area contributed by atoms with Crippen LogP contribution in [0.15, 0.2) is 0 Å². The molecular formula is C13H25N3O2. The number of aliphatic hydroxyl groups excluding tert-OH is 1. The third-order valence-electron chi connectivity index (χ3n) is 4.09. The van der Waals surface area contributed by atoms with Gasteiger partial charge in [0.15, 0.2) is 0 Å². The molecule has 5 nitrogen and oxygen atoms in total. The lowest BCUT2D eigenvalue weighted by Crippen LogP contribution is -2.56. The van der Waals surface area contributed by atoms with Crippen LogP contribution in [0.25, 0.3) is 0 Å². The number of hydrogen-bond donors (Lipinski definition) is 3. The van der Waals surface area contributed by atoms with Gasteiger partial charge in [-0.05, 0) is 12.8 Å². The van der Waals surface area contributed by atoms with Gasteiger partial charge in [0, 0.05) is 26.2 Å². The van der Waals surface area contributed by atoms with E-state index in [0.717, 1.165) is 51.9 Å². The molecule has 0 bridgehead atoms. The molecule has 3 N–H and O–H groups in total. The maximum absolute atomic E-state index is 12.1. The van der Waals surface area contributed by atoms with Gasteiger partial charge in [-0.1, -0.05) is 19.3 Å². The quantitative estimate of drug-likeness (QED) is 0.645. The molecule has 0 aromatic carbocycles. The Morgan fingerprint density at radius 1 is 1.22 bits per heavy atom. The molecule has 1 aliphatic carbocycles. The van der Waals surface area contributed by atoms with Crippen LogP contribution in [-0.4, -0.2) is 60.8 Å². The number of rotatable bonds is 4. The molecule has 1 saturated carbocycles. The van der Waals surface area contributed by atoms with Crippen molar-refractivity contribution in [3.05, 3.63) is 0 Å². The predicted octanol–water partition coefficient (Wildman–Crippen LogP) is -0.297. The number of nitrogens with one attached hydrogen (secondary N) is 2. The number of carbonyl (C=O) groups is 1. The van der Waals surface area contributed by atoms with E-state index in [4.69, 9.17) is 0 Å². The van der Waals surface area contributed by atoms with Crippen molar-refractivity contribution in [1.82, 2.24) is 15.5 Å². The second kappa shape index (κ2) is 6.50. The summed E-state index contributed by atoms with van der Waals surface area (Å²) in [5.41, 5.74) is -0.344. The first-order valence-corrected chi connectivity index (χ1v) is 7.09. The summed E-state index contributed by atoms with van der Waals surface area (Å²) in [6.45, 7) is 4.31. The van der Waals surface area contributed by atoms with E-state index < -0.39 is 0 Å². The average molecular weight is 255 g/mol. The van der Waals surface area contributed by atoms with E-state index in [2.05, 4.69) is 15.5 Å². The van der Waals surface area contributed by atoms with E-state index in [1.54, 1.807) is 0 Å². The maximum atomic E-state index is 12.1. The minimum atomic E-state index is -0.344. The summed E-state index contributed by atoms with van der Waals surface area (Å²) in [6.07, 6.45) is 5.26. The standard InChI is InChI=1S/C13H25N3O2/c17-11-13(4-2-1-3-5-13)15-12(18)10-16-8-6-14-7-9-16/h14,17H,1-11H2,(H,15,18). The number of carbonyl (C=O) groups excluding carboxylic acids is 1. The highest BCUT2D eigenvalue weighted by molar-refractivity contribution is 5.79. The second-order valence-corrected chi connectivity index (χ2v) is 5.57. The summed E-state index contributed by atoms with van der Waals surface area (Å²) in [5, 5.41) is 15.9. The molecule has 2 aliphatic rings. The van der Waals surface area contributed by atoms with Gasteiger partial charge in [-0.3, -0.25) is 9.69 Å². The van der Waals surface area contributed by atoms with Gasteiger partial charge < -0.3 is 15.7 Å². The highest BCUT2D eigenvalue weighted by Gasteiger charge is 2.33. The van der Waals surface area contributed by atoms with Crippen molar-refractivity contribution < 1.29 is 9.90 Å². The Labute approximate surface area is 109 Å². The van der Waals surface area contributed by atoms with E-state index in [9.17, 15) is 9.90 Å². The zero-order valence-electron chi connectivity index (χ0n) is 11.1. The van der Waals surface area contributed by atoms with Crippen LogP contribution in [0.5, 0.6) is 0 Å². The van der Waals surface area contributed by atoms with E-state index in [1.165, 1.54) is 6.42 Å². The fraction of sp³-hybridized carbons (Fsp3) is 0.923. The average Bonchev–Trinajstić information content (AvgIpc) is 2.41. The van der Waals surface area contributed by atoms with Crippen molar-refractivity contribution in [2.45, 2.75) is 37.6 Å². The number of piperazine rings is 1. The van der Waals surface area contributed by atoms with Crippen molar-refractivity contribution in [2.24, 2.45) is 0 Å². The van der Waals surface area contributed by atoms with Gasteiger partial charge in [0.1, 0.15) is 0 Å². The van der Waals surface area contributed by atoms with Crippen LogP contribution in [0.2, 0.25) is 0 Å². The zero-order valence-corrected chi connectivity index (χ0v) is 11.1. The topological polar surface area (TPSA) is 64.6 Å². The molecule has 18 heavy (non-hydrogen) atoms. The lowest BCUT2D eigenvalue weighted by Gasteiger charge is -2.37. The molecule has 0 spiro atoms. The van der Waals surface area contributed by atoms with Crippen LogP contribution in [0.3, 0.4) is 0 Å². The molecule has 0 atom stereocenters. The summed E-state index contributed by atoms with van der Waals surface area (Å²) in [4.78, 5) is 14.2. The molecule has 0 unspecified atom stereocenters. The van der Waals surface area contributed by atoms with Gasteiger partial charge >= 0.3 is 0 Å². The van der Waals surface area contributed by atoms with Crippen molar-refractivity contribution in [3.8, 4) is 0 Å². The van der Waals surface area contributed by atoms with Crippen LogP contribution < -0.4 is 10.6 Å². The van der Waals surface area contributed by atoms with Crippen LogP contribution in [0, 0.1) is 0 Å². The number of nitrogens with zero attached hydrogens (tertiary/aromatic N) is 1. The van der Waals surface area contributed by atoms with Gasteiger partial charge in [-0.15, -0.1) is 0 Å². The smallest absolute Gasteiger partial charge is 0.234 e. The number of hydrogen-bond acceptors (Lipinski definition) is 4. The van der Waals surface area contributed by atoms with Gasteiger partial charge in [-0.2, -0.15) is 0 Å². The van der Waals surface area contributed by atoms with E-state index in [-0.39, 0.29) is 18.1 Å². The van der Waals surface area contributed by atoms with Crippen molar-refractivity contribution in [3.63, 3.8) is 0 Å². The Morgan fingerprint density at radius 3 is 2.50 bits per heavy atom. The Kier molecular flexibility index (Phi) is 4.97. The minimum absolute atomic E-state index is 0.0628. The fourth-order valence-corrected chi connectivity index (χ4v) is 2.96. The summed E-state index contributed by atoms with van der Waals surface area (Å²) in [5.74, 6) is 0.0628. The summed E-state index contributed by atoms with van der Waals surface area (Å²) >= 11 is 0. The number of aliphatic hydroxyl groups is 1. The van der Waals surface area contributed by atoms with Crippen LogP contribution in [0.4, 0.5) is 0 Å². The molecule has 2 fully saturated rings. The first kappa shape index (κ1) is 13.8. The Balaban J connectivity index is 1.81. The Hall–Kier alpha value is -0.650. The van der Waals surface area contributed by atoms with Crippen LogP contribution >= 0.6 is 0 Å². The highest BCUT2D eigenvalue weighted by Crippen LogP contribution is 2.27. The normalized spacial score (nSPS) is 24.7. The molecule has 1 amide bonds. The van der Waals surface area contributed by atoms with Gasteiger partial charge in [0.25, 0.3) is 0 Å². The van der Waals surface area contributed by atoms with Crippen molar-refractivity contribution in [1.29, 1.82) is 0 Å². The van der Waals surface area contributed by atoms with Gasteiger partial charge in [-0.25, -0.2) is 0 Å². The Bertz CT molecular complexity index is 271. The maximum Gasteiger partial charge on any atom is 0.234 e. The van der Waals surface area contributed by atoms with Gasteiger partial charge in [0.2, 0.25) is 5.91 Å². The molecular weight excluding hydrogens is 230 g/mol.